The van der Waals surface area contributed by atoms with Crippen molar-refractivity contribution in [2.45, 2.75) is 26.4 Å². The second kappa shape index (κ2) is 6.10. The van der Waals surface area contributed by atoms with Crippen molar-refractivity contribution in [3.05, 3.63) is 35.6 Å². The fourth-order valence-corrected chi connectivity index (χ4v) is 3.24. The maximum absolute atomic E-state index is 13.0. The lowest BCUT2D eigenvalue weighted by molar-refractivity contribution is -0.156. The molecule has 3 atom stereocenters. The molecule has 0 amide bonds. The lowest BCUT2D eigenvalue weighted by atomic mass is 9.72. The topological polar surface area (TPSA) is 69.7 Å². The molecule has 0 bridgehead atoms. The molecule has 2 rings (SSSR count). The molecule has 1 aliphatic rings. The van der Waals surface area contributed by atoms with Gasteiger partial charge in [0.25, 0.3) is 0 Å². The number of carbonyl (C=O) groups excluding carboxylic acids is 3. The third-order valence-electron chi connectivity index (χ3n) is 4.32. The van der Waals surface area contributed by atoms with Gasteiger partial charge in [0.05, 0.1) is 7.11 Å². The lowest BCUT2D eigenvalue weighted by Gasteiger charge is -2.30. The molecular formula is C17H19FO5. The van der Waals surface area contributed by atoms with Gasteiger partial charge in [-0.3, -0.25) is 14.4 Å². The summed E-state index contributed by atoms with van der Waals surface area (Å²) in [4.78, 5) is 36.6. The molecule has 124 valence electrons. The second-order valence-corrected chi connectivity index (χ2v) is 6.21. The zero-order valence-electron chi connectivity index (χ0n) is 13.5. The van der Waals surface area contributed by atoms with Gasteiger partial charge in [0.15, 0.2) is 11.7 Å². The molecule has 0 radical (unpaired) electrons. The maximum Gasteiger partial charge on any atom is 0.321 e. The van der Waals surface area contributed by atoms with E-state index in [-0.39, 0.29) is 5.78 Å². The lowest BCUT2D eigenvalue weighted by Crippen LogP contribution is -2.41. The van der Waals surface area contributed by atoms with E-state index in [0.717, 1.165) is 0 Å². The number of ether oxygens (including phenoxy) is 2. The normalized spacial score (nSPS) is 24.0. The van der Waals surface area contributed by atoms with E-state index in [1.807, 2.05) is 0 Å². The Labute approximate surface area is 133 Å². The quantitative estimate of drug-likeness (QED) is 0.483. The summed E-state index contributed by atoms with van der Waals surface area (Å²) < 4.78 is 23.0. The summed E-state index contributed by atoms with van der Waals surface area (Å²) in [6.07, 6.45) is 0. The van der Waals surface area contributed by atoms with Crippen molar-refractivity contribution in [1.82, 2.24) is 0 Å². The molecule has 0 aliphatic carbocycles. The van der Waals surface area contributed by atoms with Crippen molar-refractivity contribution in [1.29, 1.82) is 0 Å². The van der Waals surface area contributed by atoms with Crippen LogP contribution in [0.5, 0.6) is 0 Å². The van der Waals surface area contributed by atoms with Crippen LogP contribution in [-0.2, 0) is 19.1 Å². The number of benzene rings is 1. The minimum atomic E-state index is -1.14. The van der Waals surface area contributed by atoms with Crippen molar-refractivity contribution >= 4 is 17.7 Å². The van der Waals surface area contributed by atoms with Gasteiger partial charge >= 0.3 is 11.9 Å². The number of ketones is 1. The number of rotatable bonds is 4. The fourth-order valence-electron chi connectivity index (χ4n) is 3.24. The number of Topliss-reactive ketones (excluding diaryl/α,β-unsaturated/α-hetero) is 1. The molecule has 0 saturated carbocycles. The number of esters is 2. The minimum Gasteiger partial charge on any atom is -0.468 e. The Balaban J connectivity index is 2.35. The summed E-state index contributed by atoms with van der Waals surface area (Å²) in [6.45, 7) is 4.95. The van der Waals surface area contributed by atoms with Crippen molar-refractivity contribution in [3.8, 4) is 0 Å². The molecular weight excluding hydrogens is 303 g/mol. The van der Waals surface area contributed by atoms with E-state index in [0.29, 0.717) is 5.56 Å². The van der Waals surface area contributed by atoms with Crippen LogP contribution in [-0.4, -0.2) is 30.4 Å². The number of carbonyl (C=O) groups is 3. The number of hydrogen-bond acceptors (Lipinski definition) is 5. The number of cyclic esters (lactones) is 1. The average Bonchev–Trinajstić information content (AvgIpc) is 2.74. The Morgan fingerprint density at radius 1 is 1.26 bits per heavy atom. The largest absolute Gasteiger partial charge is 0.468 e. The van der Waals surface area contributed by atoms with E-state index in [1.165, 1.54) is 31.4 Å². The highest BCUT2D eigenvalue weighted by molar-refractivity contribution is 6.01. The van der Waals surface area contributed by atoms with Crippen LogP contribution >= 0.6 is 0 Å². The highest BCUT2D eigenvalue weighted by Gasteiger charge is 2.57. The van der Waals surface area contributed by atoms with Gasteiger partial charge in [0.2, 0.25) is 0 Å². The highest BCUT2D eigenvalue weighted by atomic mass is 19.1. The van der Waals surface area contributed by atoms with Crippen LogP contribution in [0.1, 0.15) is 31.1 Å². The van der Waals surface area contributed by atoms with Crippen LogP contribution in [0.25, 0.3) is 0 Å². The van der Waals surface area contributed by atoms with Gasteiger partial charge in [0, 0.05) is 17.4 Å². The first kappa shape index (κ1) is 17.1. The van der Waals surface area contributed by atoms with E-state index in [4.69, 9.17) is 4.74 Å². The maximum atomic E-state index is 13.0. The molecule has 1 saturated heterocycles. The molecule has 6 heteroatoms. The summed E-state index contributed by atoms with van der Waals surface area (Å²) in [5.74, 6) is -4.62. The molecule has 0 unspecified atom stereocenters. The smallest absolute Gasteiger partial charge is 0.321 e. The Kier molecular flexibility index (Phi) is 4.54. The van der Waals surface area contributed by atoms with E-state index in [9.17, 15) is 18.8 Å². The van der Waals surface area contributed by atoms with Crippen LogP contribution in [0.15, 0.2) is 24.3 Å². The first-order chi connectivity index (χ1) is 10.7. The molecule has 1 heterocycles. The first-order valence-electron chi connectivity index (χ1n) is 7.29. The summed E-state index contributed by atoms with van der Waals surface area (Å²) in [5.41, 5.74) is -0.664. The molecule has 0 aromatic heterocycles. The van der Waals surface area contributed by atoms with Crippen molar-refractivity contribution in [2.24, 2.45) is 17.8 Å². The third-order valence-corrected chi connectivity index (χ3v) is 4.32. The van der Waals surface area contributed by atoms with E-state index in [2.05, 4.69) is 4.74 Å². The zero-order chi connectivity index (χ0) is 17.4. The summed E-state index contributed by atoms with van der Waals surface area (Å²) in [7, 11) is 1.18. The zero-order valence-corrected chi connectivity index (χ0v) is 13.5. The molecule has 23 heavy (non-hydrogen) atoms. The molecule has 1 aromatic rings. The monoisotopic (exact) mass is 322 g/mol. The van der Waals surface area contributed by atoms with Gasteiger partial charge < -0.3 is 9.47 Å². The highest BCUT2D eigenvalue weighted by Crippen LogP contribution is 2.43. The molecule has 5 nitrogen and oxygen atoms in total. The Hall–Kier alpha value is -2.24. The Morgan fingerprint density at radius 2 is 1.83 bits per heavy atom. The van der Waals surface area contributed by atoms with Gasteiger partial charge in [0.1, 0.15) is 11.4 Å². The van der Waals surface area contributed by atoms with Crippen molar-refractivity contribution in [3.63, 3.8) is 0 Å². The predicted molar refractivity (Wildman–Crippen MR) is 79.1 cm³/mol. The predicted octanol–water partition coefficient (Wildman–Crippen LogP) is 2.39. The fraction of sp³-hybridized carbons (Fsp3) is 0.471. The number of hydrogen-bond donors (Lipinski definition) is 0. The SMILES string of the molecule is COC(=O)[C@H]1C(=O)OC(C)(C)[C@@H]1[C@H](C)C(=O)c1ccc(F)cc1. The summed E-state index contributed by atoms with van der Waals surface area (Å²) >= 11 is 0. The van der Waals surface area contributed by atoms with E-state index in [1.54, 1.807) is 20.8 Å². The summed E-state index contributed by atoms with van der Waals surface area (Å²) in [6, 6.07) is 5.15. The van der Waals surface area contributed by atoms with Gasteiger partial charge in [-0.2, -0.15) is 0 Å². The second-order valence-electron chi connectivity index (χ2n) is 6.21. The molecule has 1 aliphatic heterocycles. The first-order valence-corrected chi connectivity index (χ1v) is 7.29. The molecule has 1 aromatic carbocycles. The van der Waals surface area contributed by atoms with Crippen LogP contribution in [0.2, 0.25) is 0 Å². The average molecular weight is 322 g/mol. The van der Waals surface area contributed by atoms with Gasteiger partial charge in [-0.25, -0.2) is 4.39 Å². The van der Waals surface area contributed by atoms with Gasteiger partial charge in [-0.15, -0.1) is 0 Å². The van der Waals surface area contributed by atoms with Crippen molar-refractivity contribution < 1.29 is 28.2 Å². The van der Waals surface area contributed by atoms with Crippen LogP contribution in [0, 0.1) is 23.6 Å². The number of halogens is 1. The summed E-state index contributed by atoms with van der Waals surface area (Å²) in [5, 5.41) is 0. The standard InChI is InChI=1S/C17H19FO5/c1-9(14(19)10-5-7-11(18)8-6-10)13-12(15(20)22-4)16(21)23-17(13,2)3/h5-9,12-13H,1-4H3/t9-,12-,13+/m0/s1. The van der Waals surface area contributed by atoms with Gasteiger partial charge in [-0.1, -0.05) is 6.92 Å². The van der Waals surface area contributed by atoms with Crippen molar-refractivity contribution in [2.75, 3.05) is 7.11 Å². The molecule has 0 N–H and O–H groups in total. The van der Waals surface area contributed by atoms with Crippen LogP contribution < -0.4 is 0 Å². The van der Waals surface area contributed by atoms with E-state index < -0.39 is 41.1 Å². The van der Waals surface area contributed by atoms with Crippen LogP contribution in [0.3, 0.4) is 0 Å². The third kappa shape index (κ3) is 3.11. The molecule has 1 fully saturated rings. The van der Waals surface area contributed by atoms with E-state index >= 15 is 0 Å². The Bertz CT molecular complexity index is 635. The van der Waals surface area contributed by atoms with Crippen LogP contribution in [0.4, 0.5) is 4.39 Å². The van der Waals surface area contributed by atoms with Gasteiger partial charge in [-0.05, 0) is 38.1 Å². The molecule has 0 spiro atoms. The number of methoxy groups -OCH3 is 1. The Morgan fingerprint density at radius 3 is 2.35 bits per heavy atom. The minimum absolute atomic E-state index is 0.282.